The van der Waals surface area contributed by atoms with E-state index in [0.717, 1.165) is 35.6 Å². The maximum atomic E-state index is 12.4. The van der Waals surface area contributed by atoms with Crippen LogP contribution in [0.3, 0.4) is 0 Å². The van der Waals surface area contributed by atoms with Crippen LogP contribution in [0.25, 0.3) is 0 Å². The molecule has 1 N–H and O–H groups in total. The number of hydrogen-bond acceptors (Lipinski definition) is 5. The van der Waals surface area contributed by atoms with Crippen LogP contribution in [0.2, 0.25) is 0 Å². The van der Waals surface area contributed by atoms with Gasteiger partial charge in [-0.3, -0.25) is 4.79 Å². The van der Waals surface area contributed by atoms with Crippen molar-refractivity contribution >= 4 is 17.3 Å². The van der Waals surface area contributed by atoms with Gasteiger partial charge in [-0.15, -0.1) is 10.2 Å². The van der Waals surface area contributed by atoms with Crippen LogP contribution in [0, 0.1) is 6.92 Å². The van der Waals surface area contributed by atoms with Gasteiger partial charge in [0.05, 0.1) is 6.42 Å². The van der Waals surface area contributed by atoms with Gasteiger partial charge in [-0.05, 0) is 50.1 Å². The van der Waals surface area contributed by atoms with Gasteiger partial charge >= 0.3 is 11.8 Å². The minimum atomic E-state index is -0.402. The molecule has 6 nitrogen and oxygen atoms in total. The van der Waals surface area contributed by atoms with E-state index in [4.69, 9.17) is 4.42 Å². The Morgan fingerprint density at radius 2 is 1.81 bits per heavy atom. The number of rotatable bonds is 7. The summed E-state index contributed by atoms with van der Waals surface area (Å²) in [6.07, 6.45) is 0.499. The van der Waals surface area contributed by atoms with Crippen molar-refractivity contribution in [1.82, 2.24) is 10.2 Å². The minimum Gasteiger partial charge on any atom is -0.417 e. The Bertz CT molecular complexity index is 902. The zero-order chi connectivity index (χ0) is 19.2. The van der Waals surface area contributed by atoms with Crippen LogP contribution in [0.4, 0.5) is 11.4 Å². The largest absolute Gasteiger partial charge is 0.417 e. The normalized spacial score (nSPS) is 10.6. The predicted molar refractivity (Wildman–Crippen MR) is 106 cm³/mol. The number of aryl methyl sites for hydroxylation is 1. The minimum absolute atomic E-state index is 0.0341. The topological polar surface area (TPSA) is 71.3 Å². The van der Waals surface area contributed by atoms with Crippen LogP contribution >= 0.6 is 0 Å². The molecule has 27 heavy (non-hydrogen) atoms. The number of amides is 1. The van der Waals surface area contributed by atoms with Crippen molar-refractivity contribution in [2.45, 2.75) is 27.2 Å². The van der Waals surface area contributed by atoms with Crippen molar-refractivity contribution in [2.24, 2.45) is 0 Å². The first-order valence-electron chi connectivity index (χ1n) is 9.14. The van der Waals surface area contributed by atoms with Gasteiger partial charge in [0.15, 0.2) is 0 Å². The fourth-order valence-corrected chi connectivity index (χ4v) is 2.94. The molecule has 0 saturated heterocycles. The summed E-state index contributed by atoms with van der Waals surface area (Å²) in [5.74, 6) is -0.0198. The SMILES string of the molecule is CCN(CC)c1ccc(NC(=O)c2nnc(Cc3ccccc3)o2)c(C)c1. The molecule has 0 unspecified atom stereocenters. The number of anilines is 2. The molecule has 0 aliphatic rings. The average Bonchev–Trinajstić information content (AvgIpc) is 3.14. The second-order valence-corrected chi connectivity index (χ2v) is 6.29. The third-order valence-corrected chi connectivity index (χ3v) is 4.45. The number of nitrogens with one attached hydrogen (secondary N) is 1. The molecule has 0 radical (unpaired) electrons. The van der Waals surface area contributed by atoms with Crippen molar-refractivity contribution in [2.75, 3.05) is 23.3 Å². The van der Waals surface area contributed by atoms with E-state index in [9.17, 15) is 4.79 Å². The first-order chi connectivity index (χ1) is 13.1. The molecule has 0 spiro atoms. The highest BCUT2D eigenvalue weighted by Crippen LogP contribution is 2.23. The highest BCUT2D eigenvalue weighted by molar-refractivity contribution is 6.01. The number of carbonyl (C=O) groups excluding carboxylic acids is 1. The summed E-state index contributed by atoms with van der Waals surface area (Å²) in [6.45, 7) is 8.09. The molecule has 0 bridgehead atoms. The van der Waals surface area contributed by atoms with Gasteiger partial charge < -0.3 is 14.6 Å². The van der Waals surface area contributed by atoms with Crippen molar-refractivity contribution in [3.63, 3.8) is 0 Å². The van der Waals surface area contributed by atoms with E-state index in [1.807, 2.05) is 49.4 Å². The fraction of sp³-hybridized carbons (Fsp3) is 0.286. The maximum Gasteiger partial charge on any atom is 0.313 e. The third kappa shape index (κ3) is 4.53. The Morgan fingerprint density at radius 3 is 2.48 bits per heavy atom. The van der Waals surface area contributed by atoms with Gasteiger partial charge in [-0.1, -0.05) is 30.3 Å². The van der Waals surface area contributed by atoms with Crippen molar-refractivity contribution in [1.29, 1.82) is 0 Å². The van der Waals surface area contributed by atoms with E-state index < -0.39 is 5.91 Å². The van der Waals surface area contributed by atoms with Crippen molar-refractivity contribution in [3.05, 3.63) is 71.4 Å². The van der Waals surface area contributed by atoms with Gasteiger partial charge in [0.25, 0.3) is 0 Å². The molecule has 2 aromatic carbocycles. The highest BCUT2D eigenvalue weighted by atomic mass is 16.4. The number of benzene rings is 2. The molecular formula is C21H24N4O2. The first kappa shape index (κ1) is 18.6. The summed E-state index contributed by atoms with van der Waals surface area (Å²) < 4.78 is 5.52. The standard InChI is InChI=1S/C21H24N4O2/c1-4-25(5-2)17-11-12-18(15(3)13-17)22-20(26)21-24-23-19(27-21)14-16-9-7-6-8-10-16/h6-13H,4-5,14H2,1-3H3,(H,22,26). The fourth-order valence-electron chi connectivity index (χ4n) is 2.94. The smallest absolute Gasteiger partial charge is 0.313 e. The van der Waals surface area contributed by atoms with E-state index in [1.165, 1.54) is 0 Å². The molecule has 0 atom stereocenters. The van der Waals surface area contributed by atoms with E-state index in [0.29, 0.717) is 12.3 Å². The van der Waals surface area contributed by atoms with Gasteiger partial charge in [0.1, 0.15) is 0 Å². The van der Waals surface area contributed by atoms with Crippen LogP contribution in [-0.4, -0.2) is 29.2 Å². The predicted octanol–water partition coefficient (Wildman–Crippen LogP) is 4.07. The average molecular weight is 364 g/mol. The van der Waals surface area contributed by atoms with Gasteiger partial charge in [0, 0.05) is 24.5 Å². The van der Waals surface area contributed by atoms with Gasteiger partial charge in [-0.2, -0.15) is 0 Å². The van der Waals surface area contributed by atoms with Crippen LogP contribution < -0.4 is 10.2 Å². The Morgan fingerprint density at radius 1 is 1.07 bits per heavy atom. The zero-order valence-corrected chi connectivity index (χ0v) is 15.9. The lowest BCUT2D eigenvalue weighted by Gasteiger charge is -2.22. The quantitative estimate of drug-likeness (QED) is 0.684. The van der Waals surface area contributed by atoms with E-state index in [2.05, 4.69) is 40.3 Å². The number of carbonyl (C=O) groups is 1. The Kier molecular flexibility index (Phi) is 5.86. The summed E-state index contributed by atoms with van der Waals surface area (Å²) in [7, 11) is 0. The molecule has 6 heteroatoms. The van der Waals surface area contributed by atoms with Crippen molar-refractivity contribution < 1.29 is 9.21 Å². The van der Waals surface area contributed by atoms with Crippen LogP contribution in [0.1, 0.15) is 41.6 Å². The molecule has 1 amide bonds. The van der Waals surface area contributed by atoms with Gasteiger partial charge in [0.2, 0.25) is 5.89 Å². The summed E-state index contributed by atoms with van der Waals surface area (Å²) >= 11 is 0. The number of hydrogen-bond donors (Lipinski definition) is 1. The molecule has 140 valence electrons. The molecule has 1 heterocycles. The van der Waals surface area contributed by atoms with E-state index in [1.54, 1.807) is 0 Å². The number of nitrogens with zero attached hydrogens (tertiary/aromatic N) is 3. The summed E-state index contributed by atoms with van der Waals surface area (Å²) in [6, 6.07) is 15.8. The monoisotopic (exact) mass is 364 g/mol. The third-order valence-electron chi connectivity index (χ3n) is 4.45. The second kappa shape index (κ2) is 8.49. The summed E-state index contributed by atoms with van der Waals surface area (Å²) in [5.41, 5.74) is 3.91. The first-order valence-corrected chi connectivity index (χ1v) is 9.14. The molecule has 0 aliphatic carbocycles. The van der Waals surface area contributed by atoms with Crippen LogP contribution in [0.15, 0.2) is 52.9 Å². The molecular weight excluding hydrogens is 340 g/mol. The zero-order valence-electron chi connectivity index (χ0n) is 15.9. The molecule has 0 aliphatic heterocycles. The lowest BCUT2D eigenvalue weighted by molar-refractivity contribution is 0.0988. The Balaban J connectivity index is 1.69. The summed E-state index contributed by atoms with van der Waals surface area (Å²) in [5, 5.41) is 10.7. The maximum absolute atomic E-state index is 12.4. The Hall–Kier alpha value is -3.15. The van der Waals surface area contributed by atoms with Crippen molar-refractivity contribution in [3.8, 4) is 0 Å². The highest BCUT2D eigenvalue weighted by Gasteiger charge is 2.16. The molecule has 0 saturated carbocycles. The van der Waals surface area contributed by atoms with Gasteiger partial charge in [-0.25, -0.2) is 0 Å². The number of aromatic nitrogens is 2. The molecule has 0 fully saturated rings. The molecule has 3 aromatic rings. The van der Waals surface area contributed by atoms with Crippen LogP contribution in [0.5, 0.6) is 0 Å². The summed E-state index contributed by atoms with van der Waals surface area (Å²) in [4.78, 5) is 14.7. The van der Waals surface area contributed by atoms with E-state index in [-0.39, 0.29) is 5.89 Å². The second-order valence-electron chi connectivity index (χ2n) is 6.29. The molecule has 3 rings (SSSR count). The lowest BCUT2D eigenvalue weighted by atomic mass is 10.1. The lowest BCUT2D eigenvalue weighted by Crippen LogP contribution is -2.22. The van der Waals surface area contributed by atoms with E-state index >= 15 is 0 Å². The van der Waals surface area contributed by atoms with Crippen LogP contribution in [-0.2, 0) is 6.42 Å². The Labute approximate surface area is 159 Å². The molecule has 1 aromatic heterocycles.